The quantitative estimate of drug-likeness (QED) is 0.0537. The fraction of sp³-hybridized carbons (Fsp3) is 0.569. The summed E-state index contributed by atoms with van der Waals surface area (Å²) in [6.45, 7) is 6.55. The summed E-state index contributed by atoms with van der Waals surface area (Å²) in [6.07, 6.45) is 26.8. The number of hydrogen-bond acceptors (Lipinski definition) is 10. The van der Waals surface area contributed by atoms with Crippen LogP contribution in [0.5, 0.6) is 23.0 Å². The third-order valence-corrected chi connectivity index (χ3v) is 13.6. The van der Waals surface area contributed by atoms with Crippen LogP contribution in [0, 0.1) is 0 Å². The minimum atomic E-state index is -3.31. The molecule has 1 N–H and O–H groups in total. The number of ether oxygens (including phenoxy) is 4. The van der Waals surface area contributed by atoms with Crippen LogP contribution in [0.25, 0.3) is 0 Å². The Morgan fingerprint density at radius 2 is 0.984 bits per heavy atom. The molecule has 4 aromatic rings. The summed E-state index contributed by atoms with van der Waals surface area (Å²) in [5.74, 6) is 4.34. The average molecular weight is 873 g/mol. The van der Waals surface area contributed by atoms with E-state index < -0.39 is 10.1 Å². The molecule has 6 rings (SSSR count). The molecule has 2 aliphatic heterocycles. The monoisotopic (exact) mass is 873 g/mol. The van der Waals surface area contributed by atoms with Crippen molar-refractivity contribution in [3.05, 3.63) is 108 Å². The van der Waals surface area contributed by atoms with Crippen LogP contribution in [0.15, 0.2) is 85.5 Å². The normalized spacial score (nSPS) is 20.4. The minimum Gasteiger partial charge on any atom is -0.497 e. The first-order valence-electron chi connectivity index (χ1n) is 22.9. The van der Waals surface area contributed by atoms with E-state index in [-0.39, 0.29) is 10.8 Å². The number of hydrogen-bond donors (Lipinski definition) is 1. The number of fused-ring (bicyclic) bond motifs is 2. The first kappa shape index (κ1) is 48.8. The van der Waals surface area contributed by atoms with Gasteiger partial charge in [0, 0.05) is 66.2 Å². The van der Waals surface area contributed by atoms with Gasteiger partial charge < -0.3 is 24.1 Å². The van der Waals surface area contributed by atoms with E-state index in [1.54, 1.807) is 14.2 Å². The molecule has 0 amide bonds. The van der Waals surface area contributed by atoms with Crippen LogP contribution < -0.4 is 18.9 Å². The maximum atomic E-state index is 11.0. The summed E-state index contributed by atoms with van der Waals surface area (Å²) in [7, 11) is 0.0665. The lowest BCUT2D eigenvalue weighted by Crippen LogP contribution is -2.40. The SMILES string of the molecule is COc1ccc2c(c1)OCC(C)(c1ccncc1)C2CCCCCCCCCO.COc1ccc2c(c1)OCC(C)(c1ccncc1)C2CCCCCCCCCOS(C)(=O)=O. The predicted octanol–water partition coefficient (Wildman–Crippen LogP) is 11.3. The lowest BCUT2D eigenvalue weighted by molar-refractivity contribution is 0.162. The van der Waals surface area contributed by atoms with Crippen molar-refractivity contribution in [2.45, 2.75) is 139 Å². The lowest BCUT2D eigenvalue weighted by Gasteiger charge is -2.43. The molecular formula is C51H72N2O8S. The highest BCUT2D eigenvalue weighted by molar-refractivity contribution is 7.85. The van der Waals surface area contributed by atoms with E-state index in [1.165, 1.54) is 73.6 Å². The van der Waals surface area contributed by atoms with E-state index in [2.05, 4.69) is 66.3 Å². The number of unbranched alkanes of at least 4 members (excludes halogenated alkanes) is 12. The fourth-order valence-electron chi connectivity index (χ4n) is 9.32. The predicted molar refractivity (Wildman–Crippen MR) is 247 cm³/mol. The Labute approximate surface area is 372 Å². The van der Waals surface area contributed by atoms with Gasteiger partial charge in [-0.05, 0) is 84.3 Å². The van der Waals surface area contributed by atoms with E-state index in [0.29, 0.717) is 38.3 Å². The number of aliphatic hydroxyl groups is 1. The van der Waals surface area contributed by atoms with Crippen molar-refractivity contribution in [1.29, 1.82) is 0 Å². The second-order valence-corrected chi connectivity index (χ2v) is 19.2. The summed E-state index contributed by atoms with van der Waals surface area (Å²) in [5, 5.41) is 8.89. The maximum Gasteiger partial charge on any atom is 0.264 e. The van der Waals surface area contributed by atoms with Crippen molar-refractivity contribution >= 4 is 10.1 Å². The molecule has 0 bridgehead atoms. The largest absolute Gasteiger partial charge is 0.497 e. The van der Waals surface area contributed by atoms with Crippen LogP contribution in [0.4, 0.5) is 0 Å². The number of benzene rings is 2. The molecule has 2 aromatic heterocycles. The summed E-state index contributed by atoms with van der Waals surface area (Å²) < 4.78 is 50.0. The Kier molecular flexibility index (Phi) is 19.4. The fourth-order valence-corrected chi connectivity index (χ4v) is 9.74. The Balaban J connectivity index is 0.000000236. The first-order valence-corrected chi connectivity index (χ1v) is 24.7. The molecule has 0 saturated heterocycles. The average Bonchev–Trinajstić information content (AvgIpc) is 3.29. The van der Waals surface area contributed by atoms with E-state index in [1.807, 2.05) is 43.0 Å². The third-order valence-electron chi connectivity index (χ3n) is 13.1. The molecule has 4 atom stereocenters. The zero-order valence-electron chi connectivity index (χ0n) is 38.0. The molecule has 0 spiro atoms. The van der Waals surface area contributed by atoms with Gasteiger partial charge in [0.2, 0.25) is 0 Å². The van der Waals surface area contributed by atoms with Gasteiger partial charge in [-0.25, -0.2) is 0 Å². The topological polar surface area (TPSA) is 126 Å². The van der Waals surface area contributed by atoms with E-state index in [9.17, 15) is 8.42 Å². The second-order valence-electron chi connectivity index (χ2n) is 17.6. The summed E-state index contributed by atoms with van der Waals surface area (Å²) in [6, 6.07) is 20.9. The van der Waals surface area contributed by atoms with Gasteiger partial charge in [0.15, 0.2) is 0 Å². The number of nitrogens with zero attached hydrogens (tertiary/aromatic N) is 2. The lowest BCUT2D eigenvalue weighted by atomic mass is 9.66. The van der Waals surface area contributed by atoms with E-state index in [4.69, 9.17) is 28.2 Å². The highest BCUT2D eigenvalue weighted by Crippen LogP contribution is 2.51. The standard InChI is InChI=1S/C26H37NO5S.C25H35NO3/c1-26(21-14-16-27-17-15-21)20-31-25-19-22(30-2)12-13-23(25)24(26)11-9-7-5-4-6-8-10-18-32-33(3,28)29;1-25(20-13-15-26-16-14-20)19-29-24-18-21(28-2)11-12-22(24)23(25)10-8-6-4-3-5-7-9-17-27/h12-17,19,24H,4-11,18,20H2,1-3H3;11-16,18,23,27H,3-10,17,19H2,1-2H3. The molecule has 10 nitrogen and oxygen atoms in total. The Morgan fingerprint density at radius 1 is 0.597 bits per heavy atom. The van der Waals surface area contributed by atoms with Crippen molar-refractivity contribution in [3.8, 4) is 23.0 Å². The van der Waals surface area contributed by atoms with Crippen molar-refractivity contribution < 1.29 is 36.7 Å². The zero-order valence-corrected chi connectivity index (χ0v) is 38.8. The molecule has 11 heteroatoms. The van der Waals surface area contributed by atoms with Crippen molar-refractivity contribution in [3.63, 3.8) is 0 Å². The molecule has 0 saturated carbocycles. The van der Waals surface area contributed by atoms with E-state index >= 15 is 0 Å². The minimum absolute atomic E-state index is 0.0638. The van der Waals surface area contributed by atoms with Gasteiger partial charge in [-0.3, -0.25) is 14.2 Å². The highest BCUT2D eigenvalue weighted by Gasteiger charge is 2.43. The molecule has 4 unspecified atom stereocenters. The molecule has 2 aromatic carbocycles. The Morgan fingerprint density at radius 3 is 1.37 bits per heavy atom. The van der Waals surface area contributed by atoms with Crippen molar-refractivity contribution in [1.82, 2.24) is 9.97 Å². The van der Waals surface area contributed by atoms with Crippen molar-refractivity contribution in [2.24, 2.45) is 0 Å². The van der Waals surface area contributed by atoms with Gasteiger partial charge in [0.05, 0.1) is 40.3 Å². The molecule has 0 aliphatic carbocycles. The van der Waals surface area contributed by atoms with Gasteiger partial charge in [-0.1, -0.05) is 103 Å². The molecule has 62 heavy (non-hydrogen) atoms. The highest BCUT2D eigenvalue weighted by atomic mass is 32.2. The van der Waals surface area contributed by atoms with Crippen LogP contribution >= 0.6 is 0 Å². The van der Waals surface area contributed by atoms with Crippen LogP contribution in [0.1, 0.15) is 151 Å². The summed E-state index contributed by atoms with van der Waals surface area (Å²) in [4.78, 5) is 8.41. The molecule has 0 fully saturated rings. The molecule has 0 radical (unpaired) electrons. The Hall–Kier alpha value is -4.19. The van der Waals surface area contributed by atoms with Crippen LogP contribution in [0.2, 0.25) is 0 Å². The summed E-state index contributed by atoms with van der Waals surface area (Å²) in [5.41, 5.74) is 4.94. The van der Waals surface area contributed by atoms with Crippen molar-refractivity contribution in [2.75, 3.05) is 46.9 Å². The third kappa shape index (κ3) is 13.9. The van der Waals surface area contributed by atoms with Crippen LogP contribution in [-0.2, 0) is 25.1 Å². The van der Waals surface area contributed by atoms with Gasteiger partial charge in [-0.2, -0.15) is 8.42 Å². The second kappa shape index (κ2) is 24.6. The van der Waals surface area contributed by atoms with Gasteiger partial charge in [0.25, 0.3) is 10.1 Å². The van der Waals surface area contributed by atoms with Crippen LogP contribution in [0.3, 0.4) is 0 Å². The first-order chi connectivity index (χ1) is 30.0. The van der Waals surface area contributed by atoms with Crippen LogP contribution in [-0.4, -0.2) is 70.4 Å². The number of aromatic nitrogens is 2. The van der Waals surface area contributed by atoms with Gasteiger partial charge in [0.1, 0.15) is 23.0 Å². The number of methoxy groups -OCH3 is 2. The molecule has 340 valence electrons. The molecule has 2 aliphatic rings. The smallest absolute Gasteiger partial charge is 0.264 e. The summed E-state index contributed by atoms with van der Waals surface area (Å²) >= 11 is 0. The number of rotatable bonds is 24. The number of pyridine rings is 2. The van der Waals surface area contributed by atoms with Gasteiger partial charge >= 0.3 is 0 Å². The number of aliphatic hydroxyl groups excluding tert-OH is 1. The Bertz CT molecular complexity index is 2020. The molecular weight excluding hydrogens is 801 g/mol. The molecule has 4 heterocycles. The zero-order chi connectivity index (χ0) is 44.3. The maximum absolute atomic E-state index is 11.0. The van der Waals surface area contributed by atoms with Gasteiger partial charge in [-0.15, -0.1) is 0 Å². The van der Waals surface area contributed by atoms with E-state index in [0.717, 1.165) is 80.6 Å².